The lowest BCUT2D eigenvalue weighted by Crippen LogP contribution is -2.43. The van der Waals surface area contributed by atoms with Crippen LogP contribution in [-0.2, 0) is 14.3 Å². The number of esters is 1. The number of ether oxygens (including phenoxy) is 2. The minimum absolute atomic E-state index is 0.0646. The predicted octanol–water partition coefficient (Wildman–Crippen LogP) is 2.41. The van der Waals surface area contributed by atoms with E-state index < -0.39 is 5.60 Å². The molecule has 0 N–H and O–H groups in total. The van der Waals surface area contributed by atoms with Crippen LogP contribution in [0.1, 0.15) is 53.4 Å². The minimum atomic E-state index is -0.508. The van der Waals surface area contributed by atoms with Crippen molar-refractivity contribution in [1.29, 1.82) is 0 Å². The molecule has 2 rings (SSSR count). The largest absolute Gasteiger partial charge is 0.462 e. The van der Waals surface area contributed by atoms with E-state index in [4.69, 9.17) is 9.47 Å². The van der Waals surface area contributed by atoms with Crippen LogP contribution in [0.2, 0.25) is 0 Å². The van der Waals surface area contributed by atoms with E-state index in [9.17, 15) is 9.59 Å². The number of hydrogen-bond acceptors (Lipinski definition) is 5. The van der Waals surface area contributed by atoms with Crippen molar-refractivity contribution in [2.24, 2.45) is 0 Å². The van der Waals surface area contributed by atoms with Gasteiger partial charge in [-0.25, -0.2) is 4.79 Å². The summed E-state index contributed by atoms with van der Waals surface area (Å²) in [4.78, 5) is 28.4. The number of carbonyl (C=O) groups excluding carboxylic acids is 2. The monoisotopic (exact) mass is 326 g/mol. The van der Waals surface area contributed by atoms with Gasteiger partial charge in [0, 0.05) is 6.54 Å². The molecule has 2 aliphatic heterocycles. The first-order valence-corrected chi connectivity index (χ1v) is 8.72. The van der Waals surface area contributed by atoms with Crippen molar-refractivity contribution in [1.82, 2.24) is 9.80 Å². The topological polar surface area (TPSA) is 59.1 Å². The molecule has 2 saturated heterocycles. The third-order valence-corrected chi connectivity index (χ3v) is 4.47. The first kappa shape index (κ1) is 18.0. The van der Waals surface area contributed by atoms with E-state index in [1.165, 1.54) is 0 Å². The Bertz CT molecular complexity index is 433. The minimum Gasteiger partial charge on any atom is -0.462 e. The number of carbonyl (C=O) groups is 2. The van der Waals surface area contributed by atoms with Crippen LogP contribution in [0.3, 0.4) is 0 Å². The second-order valence-electron chi connectivity index (χ2n) is 7.39. The normalized spacial score (nSPS) is 25.7. The average Bonchev–Trinajstić information content (AvgIpc) is 3.11. The van der Waals surface area contributed by atoms with Gasteiger partial charge in [-0.05, 0) is 59.5 Å². The third-order valence-electron chi connectivity index (χ3n) is 4.47. The smallest absolute Gasteiger partial charge is 0.410 e. The second-order valence-corrected chi connectivity index (χ2v) is 7.39. The first-order valence-electron chi connectivity index (χ1n) is 8.72. The summed E-state index contributed by atoms with van der Waals surface area (Å²) in [7, 11) is 0. The Morgan fingerprint density at radius 3 is 2.48 bits per heavy atom. The number of likely N-dealkylation sites (N-methyl/N-ethyl adjacent to an activating group) is 1. The fourth-order valence-electron chi connectivity index (χ4n) is 3.32. The van der Waals surface area contributed by atoms with Gasteiger partial charge in [0.2, 0.25) is 0 Å². The maximum atomic E-state index is 12.3. The van der Waals surface area contributed by atoms with Gasteiger partial charge >= 0.3 is 12.1 Å². The fraction of sp³-hybridized carbons (Fsp3) is 0.882. The van der Waals surface area contributed by atoms with E-state index in [1.54, 1.807) is 4.90 Å². The van der Waals surface area contributed by atoms with E-state index >= 15 is 0 Å². The van der Waals surface area contributed by atoms with Crippen LogP contribution in [0.15, 0.2) is 0 Å². The molecule has 6 nitrogen and oxygen atoms in total. The lowest BCUT2D eigenvalue weighted by molar-refractivity contribution is -0.150. The van der Waals surface area contributed by atoms with Gasteiger partial charge in [-0.3, -0.25) is 9.69 Å². The average molecular weight is 326 g/mol. The van der Waals surface area contributed by atoms with Crippen molar-refractivity contribution >= 4 is 12.1 Å². The molecule has 0 aliphatic carbocycles. The summed E-state index contributed by atoms with van der Waals surface area (Å²) < 4.78 is 11.0. The maximum absolute atomic E-state index is 12.3. The highest BCUT2D eigenvalue weighted by Gasteiger charge is 2.35. The number of rotatable bonds is 4. The molecule has 0 aromatic carbocycles. The predicted molar refractivity (Wildman–Crippen MR) is 87.2 cm³/mol. The summed E-state index contributed by atoms with van der Waals surface area (Å²) in [6.07, 6.45) is 3.38. The van der Waals surface area contributed by atoms with Gasteiger partial charge in [0.25, 0.3) is 0 Å². The molecule has 2 aliphatic rings. The van der Waals surface area contributed by atoms with Crippen molar-refractivity contribution in [3.05, 3.63) is 0 Å². The molecule has 0 aromatic heterocycles. The third kappa shape index (κ3) is 4.83. The van der Waals surface area contributed by atoms with E-state index in [0.29, 0.717) is 6.54 Å². The lowest BCUT2D eigenvalue weighted by Gasteiger charge is -2.29. The highest BCUT2D eigenvalue weighted by Crippen LogP contribution is 2.22. The van der Waals surface area contributed by atoms with E-state index in [1.807, 2.05) is 20.8 Å². The highest BCUT2D eigenvalue weighted by atomic mass is 16.6. The van der Waals surface area contributed by atoms with E-state index in [0.717, 1.165) is 38.8 Å². The Morgan fingerprint density at radius 2 is 1.83 bits per heavy atom. The Kier molecular flexibility index (Phi) is 5.89. The number of likely N-dealkylation sites (tertiary alicyclic amines) is 2. The van der Waals surface area contributed by atoms with Crippen molar-refractivity contribution in [2.45, 2.75) is 71.1 Å². The zero-order valence-corrected chi connectivity index (χ0v) is 14.8. The molecule has 23 heavy (non-hydrogen) atoms. The standard InChI is InChI=1S/C17H30N2O4/c1-5-18-10-7-9-14(18)15(20)22-12-13-8-6-11-19(13)16(21)23-17(2,3)4/h13-14H,5-12H2,1-4H3/t13-,14?/m0/s1. The first-order chi connectivity index (χ1) is 10.8. The quantitative estimate of drug-likeness (QED) is 0.743. The van der Waals surface area contributed by atoms with Crippen LogP contribution in [-0.4, -0.2) is 65.8 Å². The van der Waals surface area contributed by atoms with Crippen molar-refractivity contribution in [3.63, 3.8) is 0 Å². The molecule has 6 heteroatoms. The molecule has 0 saturated carbocycles. The van der Waals surface area contributed by atoms with Crippen LogP contribution in [0, 0.1) is 0 Å². The maximum Gasteiger partial charge on any atom is 0.410 e. The number of amides is 1. The molecule has 2 atom stereocenters. The molecule has 1 unspecified atom stereocenters. The summed E-state index contributed by atoms with van der Waals surface area (Å²) in [6, 6.07) is -0.179. The molecule has 132 valence electrons. The summed E-state index contributed by atoms with van der Waals surface area (Å²) >= 11 is 0. The highest BCUT2D eigenvalue weighted by molar-refractivity contribution is 5.76. The summed E-state index contributed by atoms with van der Waals surface area (Å²) in [5, 5.41) is 0. The van der Waals surface area contributed by atoms with E-state index in [-0.39, 0.29) is 30.8 Å². The van der Waals surface area contributed by atoms with Gasteiger partial charge in [0.15, 0.2) is 0 Å². The Balaban J connectivity index is 1.84. The molecule has 0 bridgehead atoms. The molecule has 0 radical (unpaired) electrons. The molecule has 2 fully saturated rings. The van der Waals surface area contributed by atoms with Crippen molar-refractivity contribution in [2.75, 3.05) is 26.2 Å². The van der Waals surface area contributed by atoms with Crippen LogP contribution >= 0.6 is 0 Å². The fourth-order valence-corrected chi connectivity index (χ4v) is 3.32. The van der Waals surface area contributed by atoms with E-state index in [2.05, 4.69) is 11.8 Å². The van der Waals surface area contributed by atoms with Gasteiger partial charge in [-0.1, -0.05) is 6.92 Å². The molecule has 1 amide bonds. The number of hydrogen-bond donors (Lipinski definition) is 0. The van der Waals surface area contributed by atoms with Gasteiger partial charge in [-0.15, -0.1) is 0 Å². The summed E-state index contributed by atoms with van der Waals surface area (Å²) in [5.74, 6) is -0.152. The summed E-state index contributed by atoms with van der Waals surface area (Å²) in [5.41, 5.74) is -0.508. The molecule has 0 aromatic rings. The van der Waals surface area contributed by atoms with Crippen molar-refractivity contribution < 1.29 is 19.1 Å². The molecular weight excluding hydrogens is 296 g/mol. The van der Waals surface area contributed by atoms with Gasteiger partial charge in [-0.2, -0.15) is 0 Å². The summed E-state index contributed by atoms with van der Waals surface area (Å²) in [6.45, 7) is 10.4. The van der Waals surface area contributed by atoms with Crippen molar-refractivity contribution in [3.8, 4) is 0 Å². The number of nitrogens with zero attached hydrogens (tertiary/aromatic N) is 2. The molecule has 2 heterocycles. The Morgan fingerprint density at radius 1 is 1.13 bits per heavy atom. The second kappa shape index (κ2) is 7.51. The van der Waals surface area contributed by atoms with Gasteiger partial charge in [0.1, 0.15) is 18.2 Å². The van der Waals surface area contributed by atoms with Crippen LogP contribution < -0.4 is 0 Å². The molecule has 0 spiro atoms. The van der Waals surface area contributed by atoms with Gasteiger partial charge in [0.05, 0.1) is 6.04 Å². The Labute approximate surface area is 139 Å². The zero-order valence-electron chi connectivity index (χ0n) is 14.8. The van der Waals surface area contributed by atoms with Gasteiger partial charge < -0.3 is 14.4 Å². The van der Waals surface area contributed by atoms with Crippen LogP contribution in [0.25, 0.3) is 0 Å². The van der Waals surface area contributed by atoms with Crippen LogP contribution in [0.5, 0.6) is 0 Å². The van der Waals surface area contributed by atoms with Crippen LogP contribution in [0.4, 0.5) is 4.79 Å². The Hall–Kier alpha value is -1.30. The zero-order chi connectivity index (χ0) is 17.0. The SMILES string of the molecule is CCN1CCCC1C(=O)OC[C@@H]1CCCN1C(=O)OC(C)(C)C. The molecular formula is C17H30N2O4. The lowest BCUT2D eigenvalue weighted by atomic mass is 10.2.